The van der Waals surface area contributed by atoms with Crippen molar-refractivity contribution < 1.29 is 4.79 Å². The molecule has 1 aliphatic rings. The average Bonchev–Trinajstić information content (AvgIpc) is 1.93. The Balaban J connectivity index is 2.37. The molecule has 0 amide bonds. The molecule has 0 aromatic heterocycles. The van der Waals surface area contributed by atoms with Crippen molar-refractivity contribution in [3.8, 4) is 0 Å². The van der Waals surface area contributed by atoms with Crippen molar-refractivity contribution >= 4 is 5.78 Å². The van der Waals surface area contributed by atoms with Gasteiger partial charge in [0.15, 0.2) is 0 Å². The van der Waals surface area contributed by atoms with Crippen molar-refractivity contribution in [1.82, 2.24) is 5.32 Å². The molecule has 0 saturated carbocycles. The summed E-state index contributed by atoms with van der Waals surface area (Å²) < 4.78 is 0. The first kappa shape index (κ1) is 6.75. The van der Waals surface area contributed by atoms with Gasteiger partial charge in [0.2, 0.25) is 0 Å². The monoisotopic (exact) mass is 127 g/mol. The maximum atomic E-state index is 10.9. The molecule has 0 aliphatic carbocycles. The molecule has 0 aromatic rings. The lowest BCUT2D eigenvalue weighted by atomic mass is 10.1. The summed E-state index contributed by atoms with van der Waals surface area (Å²) in [6, 6.07) is 0.403. The second kappa shape index (κ2) is 2.97. The van der Waals surface area contributed by atoms with Crippen LogP contribution in [-0.4, -0.2) is 18.4 Å². The van der Waals surface area contributed by atoms with Crippen molar-refractivity contribution in [2.24, 2.45) is 0 Å². The molecule has 52 valence electrons. The Bertz CT molecular complexity index is 111. The van der Waals surface area contributed by atoms with Crippen molar-refractivity contribution in [1.29, 1.82) is 0 Å². The smallest absolute Gasteiger partial charge is 0.134 e. The van der Waals surface area contributed by atoms with Crippen LogP contribution in [0.2, 0.25) is 0 Å². The minimum atomic E-state index is 0.403. The third-order valence-electron chi connectivity index (χ3n) is 1.66. The topological polar surface area (TPSA) is 29.1 Å². The maximum absolute atomic E-state index is 10.9. The van der Waals surface area contributed by atoms with E-state index >= 15 is 0 Å². The Morgan fingerprint density at radius 2 is 2.44 bits per heavy atom. The maximum Gasteiger partial charge on any atom is 0.134 e. The van der Waals surface area contributed by atoms with Gasteiger partial charge in [-0.15, -0.1) is 0 Å². The fourth-order valence-electron chi connectivity index (χ4n) is 1.15. The first-order valence-electron chi connectivity index (χ1n) is 3.54. The number of hydrogen-bond donors (Lipinski definition) is 1. The van der Waals surface area contributed by atoms with Crippen LogP contribution in [-0.2, 0) is 4.79 Å². The average molecular weight is 127 g/mol. The highest BCUT2D eigenvalue weighted by atomic mass is 16.1. The molecule has 1 fully saturated rings. The van der Waals surface area contributed by atoms with Crippen molar-refractivity contribution in [3.63, 3.8) is 0 Å². The van der Waals surface area contributed by atoms with Crippen molar-refractivity contribution in [3.05, 3.63) is 0 Å². The normalized spacial score (nSPS) is 29.9. The van der Waals surface area contributed by atoms with Gasteiger partial charge in [-0.2, -0.15) is 0 Å². The van der Waals surface area contributed by atoms with Gasteiger partial charge < -0.3 is 5.32 Å². The minimum Gasteiger partial charge on any atom is -0.314 e. The van der Waals surface area contributed by atoms with Gasteiger partial charge in [-0.05, 0) is 19.9 Å². The summed E-state index contributed by atoms with van der Waals surface area (Å²) in [6.07, 6.45) is 2.51. The number of rotatable bonds is 0. The van der Waals surface area contributed by atoms with Crippen LogP contribution in [0, 0.1) is 0 Å². The van der Waals surface area contributed by atoms with Crippen LogP contribution in [0.1, 0.15) is 26.2 Å². The van der Waals surface area contributed by atoms with Crippen LogP contribution < -0.4 is 5.32 Å². The van der Waals surface area contributed by atoms with Gasteiger partial charge in [0.1, 0.15) is 5.78 Å². The number of ketones is 1. The molecular weight excluding hydrogens is 114 g/mol. The molecule has 2 heteroatoms. The molecule has 1 atom stereocenters. The van der Waals surface area contributed by atoms with E-state index < -0.39 is 0 Å². The first-order valence-corrected chi connectivity index (χ1v) is 3.54. The molecule has 1 saturated heterocycles. The molecule has 0 spiro atoms. The zero-order valence-corrected chi connectivity index (χ0v) is 5.81. The standard InChI is InChI=1S/C7H13NO/c1-6-5-7(9)3-2-4-8-6/h6,8H,2-5H2,1H3. The number of carbonyl (C=O) groups excluding carboxylic acids is 1. The SMILES string of the molecule is CC1CC(=O)CCCN1. The number of nitrogens with one attached hydrogen (secondary N) is 1. The van der Waals surface area contributed by atoms with Gasteiger partial charge in [0.05, 0.1) is 0 Å². The molecule has 0 radical (unpaired) electrons. The third kappa shape index (κ3) is 2.14. The molecule has 0 bridgehead atoms. The lowest BCUT2D eigenvalue weighted by Crippen LogP contribution is -2.25. The van der Waals surface area contributed by atoms with Crippen LogP contribution >= 0.6 is 0 Å². The Morgan fingerprint density at radius 1 is 1.67 bits per heavy atom. The Labute approximate surface area is 55.6 Å². The summed E-state index contributed by atoms with van der Waals surface area (Å²) in [6.45, 7) is 3.07. The molecule has 0 aromatic carbocycles. The third-order valence-corrected chi connectivity index (χ3v) is 1.66. The van der Waals surface area contributed by atoms with E-state index in [1.54, 1.807) is 0 Å². The first-order chi connectivity index (χ1) is 4.29. The van der Waals surface area contributed by atoms with Crippen LogP contribution in [0.15, 0.2) is 0 Å². The van der Waals surface area contributed by atoms with Crippen molar-refractivity contribution in [2.45, 2.75) is 32.2 Å². The van der Waals surface area contributed by atoms with Crippen LogP contribution in [0.5, 0.6) is 0 Å². The van der Waals surface area contributed by atoms with Crippen LogP contribution in [0.4, 0.5) is 0 Å². The molecule has 2 nitrogen and oxygen atoms in total. The predicted molar refractivity (Wildman–Crippen MR) is 36.3 cm³/mol. The van der Waals surface area contributed by atoms with Crippen molar-refractivity contribution in [2.75, 3.05) is 6.54 Å². The van der Waals surface area contributed by atoms with Crippen LogP contribution in [0.3, 0.4) is 0 Å². The number of Topliss-reactive ketones (excluding diaryl/α,β-unsaturated/α-hetero) is 1. The minimum absolute atomic E-state index is 0.403. The van der Waals surface area contributed by atoms with Gasteiger partial charge >= 0.3 is 0 Å². The molecule has 1 aliphatic heterocycles. The van der Waals surface area contributed by atoms with Crippen LogP contribution in [0.25, 0.3) is 0 Å². The van der Waals surface area contributed by atoms with E-state index in [1.807, 2.05) is 0 Å². The summed E-state index contributed by atoms with van der Waals surface area (Å²) in [5.41, 5.74) is 0. The predicted octanol–water partition coefficient (Wildman–Crippen LogP) is 0.718. The van der Waals surface area contributed by atoms with E-state index in [-0.39, 0.29) is 0 Å². The Morgan fingerprint density at radius 3 is 3.22 bits per heavy atom. The second-order valence-corrected chi connectivity index (χ2v) is 2.70. The summed E-state index contributed by atoms with van der Waals surface area (Å²) >= 11 is 0. The molecule has 1 N–H and O–H groups in total. The fraction of sp³-hybridized carbons (Fsp3) is 0.857. The van der Waals surface area contributed by atoms with E-state index in [9.17, 15) is 4.79 Å². The van der Waals surface area contributed by atoms with E-state index in [0.717, 1.165) is 25.8 Å². The summed E-state index contributed by atoms with van der Waals surface area (Å²) in [4.78, 5) is 10.9. The van der Waals surface area contributed by atoms with E-state index in [0.29, 0.717) is 11.8 Å². The molecule has 1 heterocycles. The highest BCUT2D eigenvalue weighted by molar-refractivity contribution is 5.79. The van der Waals surface area contributed by atoms with Gasteiger partial charge in [-0.3, -0.25) is 4.79 Å². The highest BCUT2D eigenvalue weighted by Gasteiger charge is 2.11. The number of carbonyl (C=O) groups is 1. The molecule has 1 unspecified atom stereocenters. The zero-order valence-electron chi connectivity index (χ0n) is 5.81. The van der Waals surface area contributed by atoms with E-state index in [4.69, 9.17) is 0 Å². The van der Waals surface area contributed by atoms with Gasteiger partial charge in [0, 0.05) is 18.9 Å². The molecule has 9 heavy (non-hydrogen) atoms. The quantitative estimate of drug-likeness (QED) is 0.519. The molecule has 1 rings (SSSR count). The summed E-state index contributed by atoms with van der Waals surface area (Å²) in [5, 5.41) is 3.25. The summed E-state index contributed by atoms with van der Waals surface area (Å²) in [7, 11) is 0. The number of hydrogen-bond acceptors (Lipinski definition) is 2. The summed E-state index contributed by atoms with van der Waals surface area (Å²) in [5.74, 6) is 0.410. The Hall–Kier alpha value is -0.370. The van der Waals surface area contributed by atoms with E-state index in [1.165, 1.54) is 0 Å². The van der Waals surface area contributed by atoms with E-state index in [2.05, 4.69) is 12.2 Å². The lowest BCUT2D eigenvalue weighted by molar-refractivity contribution is -0.119. The zero-order chi connectivity index (χ0) is 6.69. The van der Waals surface area contributed by atoms with Gasteiger partial charge in [-0.1, -0.05) is 0 Å². The largest absolute Gasteiger partial charge is 0.314 e. The highest BCUT2D eigenvalue weighted by Crippen LogP contribution is 2.03. The molecular formula is C7H13NO. The van der Waals surface area contributed by atoms with Gasteiger partial charge in [0.25, 0.3) is 0 Å². The lowest BCUT2D eigenvalue weighted by Gasteiger charge is -2.05. The van der Waals surface area contributed by atoms with Gasteiger partial charge in [-0.25, -0.2) is 0 Å². The Kier molecular flexibility index (Phi) is 2.22. The second-order valence-electron chi connectivity index (χ2n) is 2.70. The fourth-order valence-corrected chi connectivity index (χ4v) is 1.15.